The van der Waals surface area contributed by atoms with Crippen LogP contribution in [0.5, 0.6) is 0 Å². The number of rotatable bonds is 6. The molecule has 0 bridgehead atoms. The van der Waals surface area contributed by atoms with Gasteiger partial charge in [0.25, 0.3) is 0 Å². The van der Waals surface area contributed by atoms with Gasteiger partial charge in [0.05, 0.1) is 5.92 Å². The van der Waals surface area contributed by atoms with Gasteiger partial charge in [-0.15, -0.1) is 0 Å². The van der Waals surface area contributed by atoms with Crippen molar-refractivity contribution < 1.29 is 4.79 Å². The first-order valence-corrected chi connectivity index (χ1v) is 8.37. The van der Waals surface area contributed by atoms with Crippen molar-refractivity contribution in [3.8, 4) is 0 Å². The van der Waals surface area contributed by atoms with E-state index in [-0.39, 0.29) is 17.9 Å². The largest absolute Gasteiger partial charge is 0.342 e. The zero-order chi connectivity index (χ0) is 15.9. The highest BCUT2D eigenvalue weighted by Crippen LogP contribution is 2.25. The Labute approximate surface area is 134 Å². The lowest BCUT2D eigenvalue weighted by Crippen LogP contribution is -2.44. The predicted octanol–water partition coefficient (Wildman–Crippen LogP) is 2.17. The fourth-order valence-corrected chi connectivity index (χ4v) is 3.20. The number of carbonyl (C=O) groups excluding carboxylic acids is 1. The maximum atomic E-state index is 12.7. The Bertz CT molecular complexity index is 455. The third-order valence-electron chi connectivity index (χ3n) is 4.84. The number of amides is 1. The molecule has 2 rings (SSSR count). The molecule has 1 amide bonds. The molecule has 4 nitrogen and oxygen atoms in total. The first-order valence-electron chi connectivity index (χ1n) is 8.37. The number of hydrogen-bond acceptors (Lipinski definition) is 3. The summed E-state index contributed by atoms with van der Waals surface area (Å²) < 4.78 is 0. The molecule has 3 N–H and O–H groups in total. The second kappa shape index (κ2) is 8.30. The van der Waals surface area contributed by atoms with Crippen LogP contribution in [0.15, 0.2) is 30.3 Å². The normalized spacial score (nSPS) is 19.0. The summed E-state index contributed by atoms with van der Waals surface area (Å²) in [5, 5.41) is 3.20. The Kier molecular flexibility index (Phi) is 6.40. The number of nitrogens with one attached hydrogen (secondary N) is 1. The maximum Gasteiger partial charge on any atom is 0.227 e. The molecule has 1 heterocycles. The van der Waals surface area contributed by atoms with Gasteiger partial charge in [-0.3, -0.25) is 4.79 Å². The van der Waals surface area contributed by atoms with E-state index in [9.17, 15) is 4.79 Å². The van der Waals surface area contributed by atoms with Crippen LogP contribution >= 0.6 is 0 Å². The molecular formula is C18H29N3O. The SMILES string of the molecule is CNCCC1CCN(C(=O)C(C)C(N)c2ccccc2)CC1. The average Bonchev–Trinajstić information content (AvgIpc) is 2.59. The second-order valence-corrected chi connectivity index (χ2v) is 6.39. The van der Waals surface area contributed by atoms with E-state index in [1.807, 2.05) is 49.2 Å². The summed E-state index contributed by atoms with van der Waals surface area (Å²) in [6.07, 6.45) is 3.43. The molecule has 1 fully saturated rings. The van der Waals surface area contributed by atoms with E-state index < -0.39 is 0 Å². The van der Waals surface area contributed by atoms with E-state index in [0.717, 1.165) is 44.0 Å². The molecule has 1 aromatic rings. The number of benzene rings is 1. The summed E-state index contributed by atoms with van der Waals surface area (Å²) >= 11 is 0. The zero-order valence-electron chi connectivity index (χ0n) is 13.8. The molecule has 0 radical (unpaired) electrons. The van der Waals surface area contributed by atoms with Crippen LogP contribution < -0.4 is 11.1 Å². The molecule has 0 aliphatic carbocycles. The number of likely N-dealkylation sites (tertiary alicyclic amines) is 1. The van der Waals surface area contributed by atoms with Crippen molar-refractivity contribution in [2.45, 2.75) is 32.2 Å². The van der Waals surface area contributed by atoms with E-state index in [0.29, 0.717) is 0 Å². The van der Waals surface area contributed by atoms with Crippen LogP contribution in [-0.4, -0.2) is 37.5 Å². The molecule has 0 saturated carbocycles. The fourth-order valence-electron chi connectivity index (χ4n) is 3.20. The second-order valence-electron chi connectivity index (χ2n) is 6.39. The van der Waals surface area contributed by atoms with Gasteiger partial charge in [-0.25, -0.2) is 0 Å². The Morgan fingerprint density at radius 1 is 1.32 bits per heavy atom. The van der Waals surface area contributed by atoms with Crippen molar-refractivity contribution >= 4 is 5.91 Å². The zero-order valence-corrected chi connectivity index (χ0v) is 13.8. The quantitative estimate of drug-likeness (QED) is 0.847. The van der Waals surface area contributed by atoms with Crippen LogP contribution in [0.3, 0.4) is 0 Å². The van der Waals surface area contributed by atoms with Crippen LogP contribution in [0, 0.1) is 11.8 Å². The van der Waals surface area contributed by atoms with Gasteiger partial charge < -0.3 is 16.0 Å². The monoisotopic (exact) mass is 303 g/mol. The smallest absolute Gasteiger partial charge is 0.227 e. The van der Waals surface area contributed by atoms with Crippen molar-refractivity contribution in [1.82, 2.24) is 10.2 Å². The van der Waals surface area contributed by atoms with Crippen molar-refractivity contribution in [3.05, 3.63) is 35.9 Å². The Balaban J connectivity index is 1.86. The van der Waals surface area contributed by atoms with E-state index >= 15 is 0 Å². The van der Waals surface area contributed by atoms with Crippen LogP contribution in [0.4, 0.5) is 0 Å². The lowest BCUT2D eigenvalue weighted by Gasteiger charge is -2.35. The molecule has 4 heteroatoms. The number of piperidine rings is 1. The highest BCUT2D eigenvalue weighted by atomic mass is 16.2. The van der Waals surface area contributed by atoms with Crippen LogP contribution in [0.1, 0.15) is 37.8 Å². The van der Waals surface area contributed by atoms with Gasteiger partial charge in [0.2, 0.25) is 5.91 Å². The van der Waals surface area contributed by atoms with Gasteiger partial charge in [-0.2, -0.15) is 0 Å². The number of nitrogens with zero attached hydrogens (tertiary/aromatic N) is 1. The molecular weight excluding hydrogens is 274 g/mol. The standard InChI is InChI=1S/C18H29N3O/c1-14(17(19)16-6-4-3-5-7-16)18(22)21-12-9-15(10-13-21)8-11-20-2/h3-7,14-15,17,20H,8-13,19H2,1-2H3. The summed E-state index contributed by atoms with van der Waals surface area (Å²) in [5.74, 6) is 0.772. The summed E-state index contributed by atoms with van der Waals surface area (Å²) in [6.45, 7) is 4.76. The minimum atomic E-state index is -0.226. The molecule has 1 saturated heterocycles. The lowest BCUT2D eigenvalue weighted by molar-refractivity contribution is -0.137. The first-order chi connectivity index (χ1) is 10.6. The van der Waals surface area contributed by atoms with Crippen LogP contribution in [0.2, 0.25) is 0 Å². The third-order valence-corrected chi connectivity index (χ3v) is 4.84. The Hall–Kier alpha value is -1.39. The molecule has 0 aromatic heterocycles. The lowest BCUT2D eigenvalue weighted by atomic mass is 9.90. The van der Waals surface area contributed by atoms with E-state index in [2.05, 4.69) is 5.32 Å². The molecule has 2 unspecified atom stereocenters. The van der Waals surface area contributed by atoms with Gasteiger partial charge in [0, 0.05) is 19.1 Å². The summed E-state index contributed by atoms with van der Waals surface area (Å²) in [7, 11) is 1.99. The van der Waals surface area contributed by atoms with Crippen molar-refractivity contribution in [3.63, 3.8) is 0 Å². The van der Waals surface area contributed by atoms with Crippen molar-refractivity contribution in [2.24, 2.45) is 17.6 Å². The van der Waals surface area contributed by atoms with Crippen molar-refractivity contribution in [1.29, 1.82) is 0 Å². The minimum absolute atomic E-state index is 0.170. The van der Waals surface area contributed by atoms with Gasteiger partial charge in [-0.05, 0) is 44.3 Å². The number of carbonyl (C=O) groups is 1. The Morgan fingerprint density at radius 3 is 2.55 bits per heavy atom. The fraction of sp³-hybridized carbons (Fsp3) is 0.611. The average molecular weight is 303 g/mol. The first kappa shape index (κ1) is 17.0. The van der Waals surface area contributed by atoms with Gasteiger partial charge in [0.1, 0.15) is 0 Å². The molecule has 0 spiro atoms. The number of hydrogen-bond donors (Lipinski definition) is 2. The molecule has 22 heavy (non-hydrogen) atoms. The topological polar surface area (TPSA) is 58.4 Å². The molecule has 1 aliphatic heterocycles. The summed E-state index contributed by atoms with van der Waals surface area (Å²) in [5.41, 5.74) is 7.32. The van der Waals surface area contributed by atoms with Gasteiger partial charge in [-0.1, -0.05) is 37.3 Å². The third kappa shape index (κ3) is 4.31. The molecule has 2 atom stereocenters. The summed E-state index contributed by atoms with van der Waals surface area (Å²) in [4.78, 5) is 14.7. The van der Waals surface area contributed by atoms with E-state index in [1.54, 1.807) is 0 Å². The highest BCUT2D eigenvalue weighted by Gasteiger charge is 2.29. The minimum Gasteiger partial charge on any atom is -0.342 e. The van der Waals surface area contributed by atoms with Crippen LogP contribution in [0.25, 0.3) is 0 Å². The van der Waals surface area contributed by atoms with E-state index in [4.69, 9.17) is 5.73 Å². The Morgan fingerprint density at radius 2 is 1.95 bits per heavy atom. The van der Waals surface area contributed by atoms with Crippen molar-refractivity contribution in [2.75, 3.05) is 26.7 Å². The molecule has 1 aromatic carbocycles. The number of nitrogens with two attached hydrogens (primary N) is 1. The van der Waals surface area contributed by atoms with Gasteiger partial charge in [0.15, 0.2) is 0 Å². The van der Waals surface area contributed by atoms with Crippen LogP contribution in [-0.2, 0) is 4.79 Å². The molecule has 122 valence electrons. The summed E-state index contributed by atoms with van der Waals surface area (Å²) in [6, 6.07) is 9.69. The predicted molar refractivity (Wildman–Crippen MR) is 90.4 cm³/mol. The van der Waals surface area contributed by atoms with E-state index in [1.165, 1.54) is 6.42 Å². The van der Waals surface area contributed by atoms with Gasteiger partial charge >= 0.3 is 0 Å². The maximum absolute atomic E-state index is 12.7. The molecule has 1 aliphatic rings. The highest BCUT2D eigenvalue weighted by molar-refractivity contribution is 5.79.